The normalized spacial score (nSPS) is 21.2. The molecule has 1 saturated heterocycles. The molecule has 1 aromatic heterocycles. The molecule has 156 valence electrons. The molecule has 0 saturated carbocycles. The molecule has 6 nitrogen and oxygen atoms in total. The van der Waals surface area contributed by atoms with Crippen LogP contribution in [0.3, 0.4) is 0 Å². The van der Waals surface area contributed by atoms with Gasteiger partial charge in [-0.3, -0.25) is 9.88 Å². The van der Waals surface area contributed by atoms with Crippen LogP contribution >= 0.6 is 0 Å². The van der Waals surface area contributed by atoms with E-state index in [4.69, 9.17) is 0 Å². The summed E-state index contributed by atoms with van der Waals surface area (Å²) in [6, 6.07) is 11.0. The van der Waals surface area contributed by atoms with Crippen molar-refractivity contribution < 1.29 is 8.42 Å². The fourth-order valence-electron chi connectivity index (χ4n) is 4.28. The van der Waals surface area contributed by atoms with Crippen LogP contribution in [-0.4, -0.2) is 62.5 Å². The molecule has 7 heteroatoms. The molecule has 1 N–H and O–H groups in total. The highest BCUT2D eigenvalue weighted by Gasteiger charge is 2.27. The average molecular weight is 415 g/mol. The molecular formula is C22H30N4O2S. The molecule has 0 bridgehead atoms. The first-order valence-corrected chi connectivity index (χ1v) is 12.1. The SMILES string of the molecule is Cc1ccc(CN(C)C[C@H]2Cc3c(cccc3N3CCS(=O)(=O)CC3)CN2)nc1. The van der Waals surface area contributed by atoms with Crippen molar-refractivity contribution in [2.45, 2.75) is 32.5 Å². The summed E-state index contributed by atoms with van der Waals surface area (Å²) in [6.07, 6.45) is 2.88. The molecule has 2 aromatic rings. The molecule has 1 aromatic carbocycles. The summed E-state index contributed by atoms with van der Waals surface area (Å²) in [6.45, 7) is 5.87. The average Bonchev–Trinajstić information content (AvgIpc) is 2.69. The van der Waals surface area contributed by atoms with Gasteiger partial charge in [0, 0.05) is 50.6 Å². The molecular weight excluding hydrogens is 384 g/mol. The van der Waals surface area contributed by atoms with Crippen LogP contribution in [0.2, 0.25) is 0 Å². The number of aryl methyl sites for hydroxylation is 1. The van der Waals surface area contributed by atoms with Crippen LogP contribution in [0.5, 0.6) is 0 Å². The van der Waals surface area contributed by atoms with Gasteiger partial charge in [-0.1, -0.05) is 18.2 Å². The summed E-state index contributed by atoms with van der Waals surface area (Å²) in [5.41, 5.74) is 6.18. The van der Waals surface area contributed by atoms with Crippen LogP contribution in [0.25, 0.3) is 0 Å². The van der Waals surface area contributed by atoms with Crippen molar-refractivity contribution in [3.8, 4) is 0 Å². The maximum atomic E-state index is 11.8. The van der Waals surface area contributed by atoms with Crippen molar-refractivity contribution in [3.63, 3.8) is 0 Å². The Balaban J connectivity index is 1.43. The highest BCUT2D eigenvalue weighted by atomic mass is 32.2. The van der Waals surface area contributed by atoms with Crippen molar-refractivity contribution in [1.29, 1.82) is 0 Å². The number of sulfone groups is 1. The van der Waals surface area contributed by atoms with E-state index < -0.39 is 9.84 Å². The molecule has 0 aliphatic carbocycles. The second-order valence-corrected chi connectivity index (χ2v) is 10.7. The Morgan fingerprint density at radius 1 is 1.21 bits per heavy atom. The minimum atomic E-state index is -2.87. The molecule has 1 fully saturated rings. The van der Waals surface area contributed by atoms with Gasteiger partial charge < -0.3 is 10.2 Å². The van der Waals surface area contributed by atoms with Crippen LogP contribution in [-0.2, 0) is 29.3 Å². The van der Waals surface area contributed by atoms with Gasteiger partial charge in [0.05, 0.1) is 17.2 Å². The van der Waals surface area contributed by atoms with Gasteiger partial charge in [0.15, 0.2) is 9.84 Å². The minimum Gasteiger partial charge on any atom is -0.369 e. The Kier molecular flexibility index (Phi) is 5.90. The summed E-state index contributed by atoms with van der Waals surface area (Å²) < 4.78 is 23.6. The van der Waals surface area contributed by atoms with E-state index >= 15 is 0 Å². The predicted octanol–water partition coefficient (Wildman–Crippen LogP) is 1.77. The Morgan fingerprint density at radius 2 is 2.00 bits per heavy atom. The van der Waals surface area contributed by atoms with Crippen LogP contribution in [0.1, 0.15) is 22.4 Å². The molecule has 0 amide bonds. The van der Waals surface area contributed by atoms with Gasteiger partial charge in [-0.2, -0.15) is 0 Å². The molecule has 2 aliphatic rings. The van der Waals surface area contributed by atoms with E-state index in [2.05, 4.69) is 64.4 Å². The summed E-state index contributed by atoms with van der Waals surface area (Å²) in [5, 5.41) is 3.67. The second kappa shape index (κ2) is 8.42. The lowest BCUT2D eigenvalue weighted by atomic mass is 9.93. The number of benzene rings is 1. The monoisotopic (exact) mass is 414 g/mol. The second-order valence-electron chi connectivity index (χ2n) is 8.36. The minimum absolute atomic E-state index is 0.255. The summed E-state index contributed by atoms with van der Waals surface area (Å²) in [5.74, 6) is 0.509. The lowest BCUT2D eigenvalue weighted by molar-refractivity contribution is 0.271. The van der Waals surface area contributed by atoms with Gasteiger partial charge in [0.2, 0.25) is 0 Å². The lowest BCUT2D eigenvalue weighted by Gasteiger charge is -2.35. The number of nitrogens with zero attached hydrogens (tertiary/aromatic N) is 3. The lowest BCUT2D eigenvalue weighted by Crippen LogP contribution is -2.45. The molecule has 4 rings (SSSR count). The molecule has 1 atom stereocenters. The number of nitrogens with one attached hydrogen (secondary N) is 1. The summed E-state index contributed by atoms with van der Waals surface area (Å²) in [7, 11) is -0.732. The van der Waals surface area contributed by atoms with E-state index in [0.717, 1.165) is 31.7 Å². The first kappa shape index (κ1) is 20.3. The zero-order valence-corrected chi connectivity index (χ0v) is 18.1. The highest BCUT2D eigenvalue weighted by molar-refractivity contribution is 7.91. The zero-order valence-electron chi connectivity index (χ0n) is 17.3. The van der Waals surface area contributed by atoms with Gasteiger partial charge >= 0.3 is 0 Å². The Morgan fingerprint density at radius 3 is 2.72 bits per heavy atom. The van der Waals surface area contributed by atoms with E-state index in [1.807, 2.05) is 6.20 Å². The summed E-state index contributed by atoms with van der Waals surface area (Å²) >= 11 is 0. The number of pyridine rings is 1. The van der Waals surface area contributed by atoms with E-state index in [1.165, 1.54) is 22.4 Å². The zero-order chi connectivity index (χ0) is 20.4. The maximum absolute atomic E-state index is 11.8. The topological polar surface area (TPSA) is 65.5 Å². The first-order chi connectivity index (χ1) is 13.9. The first-order valence-electron chi connectivity index (χ1n) is 10.3. The van der Waals surface area contributed by atoms with E-state index in [9.17, 15) is 8.42 Å². The summed E-state index contributed by atoms with van der Waals surface area (Å²) in [4.78, 5) is 9.08. The van der Waals surface area contributed by atoms with Crippen molar-refractivity contribution in [2.24, 2.45) is 0 Å². The van der Waals surface area contributed by atoms with Gasteiger partial charge in [-0.25, -0.2) is 8.42 Å². The van der Waals surface area contributed by atoms with Crippen LogP contribution in [0, 0.1) is 6.92 Å². The molecule has 0 radical (unpaired) electrons. The fraction of sp³-hybridized carbons (Fsp3) is 0.500. The Labute approximate surface area is 173 Å². The smallest absolute Gasteiger partial charge is 0.153 e. The molecule has 2 aliphatic heterocycles. The van der Waals surface area contributed by atoms with E-state index in [0.29, 0.717) is 19.1 Å². The third kappa shape index (κ3) is 4.97. The maximum Gasteiger partial charge on any atom is 0.153 e. The van der Waals surface area contributed by atoms with Crippen LogP contribution in [0.4, 0.5) is 5.69 Å². The molecule has 29 heavy (non-hydrogen) atoms. The van der Waals surface area contributed by atoms with E-state index in [1.54, 1.807) is 0 Å². The number of hydrogen-bond acceptors (Lipinski definition) is 6. The van der Waals surface area contributed by atoms with Crippen molar-refractivity contribution in [2.75, 3.05) is 43.1 Å². The fourth-order valence-corrected chi connectivity index (χ4v) is 5.48. The standard InChI is InChI=1S/C22H30N4O2S/c1-17-6-7-19(23-13-17)15-25(2)16-20-12-21-18(14-24-20)4-3-5-22(21)26-8-10-29(27,28)11-9-26/h3-7,13,20,24H,8-12,14-16H2,1-2H3/t20-/m1/s1. The highest BCUT2D eigenvalue weighted by Crippen LogP contribution is 2.29. The quantitative estimate of drug-likeness (QED) is 0.805. The third-order valence-electron chi connectivity index (χ3n) is 5.90. The number of rotatable bonds is 5. The number of fused-ring (bicyclic) bond motifs is 1. The van der Waals surface area contributed by atoms with Crippen LogP contribution in [0.15, 0.2) is 36.5 Å². The molecule has 0 unspecified atom stereocenters. The Hall–Kier alpha value is -1.96. The number of anilines is 1. The predicted molar refractivity (Wildman–Crippen MR) is 117 cm³/mol. The van der Waals surface area contributed by atoms with Gasteiger partial charge in [0.25, 0.3) is 0 Å². The van der Waals surface area contributed by atoms with E-state index in [-0.39, 0.29) is 11.5 Å². The van der Waals surface area contributed by atoms with Crippen molar-refractivity contribution >= 4 is 15.5 Å². The van der Waals surface area contributed by atoms with Gasteiger partial charge in [-0.05, 0) is 49.2 Å². The van der Waals surface area contributed by atoms with Gasteiger partial charge in [0.1, 0.15) is 0 Å². The van der Waals surface area contributed by atoms with Crippen molar-refractivity contribution in [1.82, 2.24) is 15.2 Å². The van der Waals surface area contributed by atoms with Crippen molar-refractivity contribution in [3.05, 3.63) is 58.9 Å². The Bertz CT molecular complexity index is 945. The molecule has 3 heterocycles. The number of likely N-dealkylation sites (N-methyl/N-ethyl adjacent to an activating group) is 1. The molecule has 0 spiro atoms. The van der Waals surface area contributed by atoms with Crippen LogP contribution < -0.4 is 10.2 Å². The largest absolute Gasteiger partial charge is 0.369 e. The number of hydrogen-bond donors (Lipinski definition) is 1. The number of aromatic nitrogens is 1. The van der Waals surface area contributed by atoms with Gasteiger partial charge in [-0.15, -0.1) is 0 Å². The third-order valence-corrected chi connectivity index (χ3v) is 7.51.